The van der Waals surface area contributed by atoms with Crippen LogP contribution in [0, 0.1) is 0 Å². The van der Waals surface area contributed by atoms with Gasteiger partial charge in [0.05, 0.1) is 12.1 Å². The molecule has 0 aliphatic rings. The highest BCUT2D eigenvalue weighted by Crippen LogP contribution is 2.28. The lowest BCUT2D eigenvalue weighted by molar-refractivity contribution is -0.118. The van der Waals surface area contributed by atoms with E-state index in [1.165, 1.54) is 0 Å². The number of hydrogen-bond acceptors (Lipinski definition) is 3. The maximum Gasteiger partial charge on any atom is 0.226 e. The standard InChI is InChI=1S/C13H19ClN2O2/c1-9(15)4-7-13(17)16(2)10-5-6-12(18-3)11(14)8-10/h5-6,8-9H,4,7,15H2,1-3H3. The zero-order chi connectivity index (χ0) is 13.7. The minimum Gasteiger partial charge on any atom is -0.495 e. The Morgan fingerprint density at radius 1 is 1.56 bits per heavy atom. The zero-order valence-corrected chi connectivity index (χ0v) is 11.7. The normalized spacial score (nSPS) is 12.1. The average Bonchev–Trinajstić information content (AvgIpc) is 2.34. The summed E-state index contributed by atoms with van der Waals surface area (Å²) in [6.45, 7) is 1.89. The van der Waals surface area contributed by atoms with Crippen LogP contribution in [0.5, 0.6) is 5.75 Å². The Kier molecular flexibility index (Phi) is 5.44. The number of hydrogen-bond donors (Lipinski definition) is 1. The molecule has 18 heavy (non-hydrogen) atoms. The van der Waals surface area contributed by atoms with Gasteiger partial charge in [-0.25, -0.2) is 0 Å². The number of anilines is 1. The predicted molar refractivity (Wildman–Crippen MR) is 74.3 cm³/mol. The Morgan fingerprint density at radius 2 is 2.22 bits per heavy atom. The second kappa shape index (κ2) is 6.61. The molecule has 0 aromatic heterocycles. The third-order valence-corrected chi connectivity index (χ3v) is 3.01. The molecule has 0 spiro atoms. The number of carbonyl (C=O) groups excluding carboxylic acids is 1. The van der Waals surface area contributed by atoms with E-state index in [-0.39, 0.29) is 11.9 Å². The van der Waals surface area contributed by atoms with Crippen molar-refractivity contribution >= 4 is 23.2 Å². The van der Waals surface area contributed by atoms with Gasteiger partial charge in [0, 0.05) is 25.2 Å². The molecule has 1 unspecified atom stereocenters. The van der Waals surface area contributed by atoms with Gasteiger partial charge in [0.1, 0.15) is 5.75 Å². The van der Waals surface area contributed by atoms with Crippen molar-refractivity contribution in [3.8, 4) is 5.75 Å². The van der Waals surface area contributed by atoms with Gasteiger partial charge in [0.25, 0.3) is 0 Å². The molecule has 100 valence electrons. The molecule has 1 amide bonds. The Labute approximate surface area is 113 Å². The quantitative estimate of drug-likeness (QED) is 0.894. The van der Waals surface area contributed by atoms with Crippen molar-refractivity contribution in [1.82, 2.24) is 0 Å². The maximum absolute atomic E-state index is 11.9. The van der Waals surface area contributed by atoms with E-state index in [0.717, 1.165) is 5.69 Å². The maximum atomic E-state index is 11.9. The van der Waals surface area contributed by atoms with E-state index >= 15 is 0 Å². The fourth-order valence-electron chi connectivity index (χ4n) is 1.53. The Morgan fingerprint density at radius 3 is 2.72 bits per heavy atom. The van der Waals surface area contributed by atoms with Gasteiger partial charge in [-0.2, -0.15) is 0 Å². The first kappa shape index (κ1) is 14.8. The molecule has 0 saturated carbocycles. The first-order valence-electron chi connectivity index (χ1n) is 5.81. The van der Waals surface area contributed by atoms with Crippen LogP contribution in [-0.4, -0.2) is 26.1 Å². The monoisotopic (exact) mass is 270 g/mol. The number of ether oxygens (including phenoxy) is 1. The van der Waals surface area contributed by atoms with E-state index in [4.69, 9.17) is 22.1 Å². The van der Waals surface area contributed by atoms with Crippen LogP contribution < -0.4 is 15.4 Å². The van der Waals surface area contributed by atoms with Crippen LogP contribution >= 0.6 is 11.6 Å². The molecule has 4 nitrogen and oxygen atoms in total. The summed E-state index contributed by atoms with van der Waals surface area (Å²) in [4.78, 5) is 13.5. The van der Waals surface area contributed by atoms with Gasteiger partial charge in [0.2, 0.25) is 5.91 Å². The van der Waals surface area contributed by atoms with E-state index in [2.05, 4.69) is 0 Å². The van der Waals surface area contributed by atoms with Crippen molar-refractivity contribution in [2.24, 2.45) is 5.73 Å². The van der Waals surface area contributed by atoms with Crippen molar-refractivity contribution in [3.05, 3.63) is 23.2 Å². The molecule has 0 aliphatic carbocycles. The van der Waals surface area contributed by atoms with Gasteiger partial charge in [-0.1, -0.05) is 11.6 Å². The van der Waals surface area contributed by atoms with Gasteiger partial charge in [0.15, 0.2) is 0 Å². The smallest absolute Gasteiger partial charge is 0.226 e. The van der Waals surface area contributed by atoms with Crippen molar-refractivity contribution in [2.45, 2.75) is 25.8 Å². The number of amides is 1. The third-order valence-electron chi connectivity index (χ3n) is 2.71. The van der Waals surface area contributed by atoms with Crippen molar-refractivity contribution < 1.29 is 9.53 Å². The molecule has 5 heteroatoms. The van der Waals surface area contributed by atoms with Crippen molar-refractivity contribution in [2.75, 3.05) is 19.1 Å². The molecule has 0 radical (unpaired) electrons. The lowest BCUT2D eigenvalue weighted by Gasteiger charge is -2.18. The summed E-state index contributed by atoms with van der Waals surface area (Å²) in [5, 5.41) is 0.488. The van der Waals surface area contributed by atoms with Crippen LogP contribution in [-0.2, 0) is 4.79 Å². The molecule has 0 saturated heterocycles. The SMILES string of the molecule is COc1ccc(N(C)C(=O)CCC(C)N)cc1Cl. The van der Waals surface area contributed by atoms with E-state index in [0.29, 0.717) is 23.6 Å². The van der Waals surface area contributed by atoms with Gasteiger partial charge >= 0.3 is 0 Å². The van der Waals surface area contributed by atoms with Gasteiger partial charge in [-0.15, -0.1) is 0 Å². The van der Waals surface area contributed by atoms with E-state index in [9.17, 15) is 4.79 Å². The lowest BCUT2D eigenvalue weighted by Crippen LogP contribution is -2.28. The molecule has 1 aromatic carbocycles. The summed E-state index contributed by atoms with van der Waals surface area (Å²) < 4.78 is 5.07. The minimum absolute atomic E-state index is 0.0218. The average molecular weight is 271 g/mol. The minimum atomic E-state index is 0.0218. The Hall–Kier alpha value is -1.26. The van der Waals surface area contributed by atoms with Crippen LogP contribution in [0.25, 0.3) is 0 Å². The fraction of sp³-hybridized carbons (Fsp3) is 0.462. The molecule has 2 N–H and O–H groups in total. The molecule has 0 heterocycles. The molecule has 1 rings (SSSR count). The first-order valence-corrected chi connectivity index (χ1v) is 6.19. The summed E-state index contributed by atoms with van der Waals surface area (Å²) in [5.41, 5.74) is 6.38. The number of methoxy groups -OCH3 is 1. The van der Waals surface area contributed by atoms with E-state index in [1.807, 2.05) is 6.92 Å². The molecule has 0 bridgehead atoms. The Bertz CT molecular complexity index is 421. The highest BCUT2D eigenvalue weighted by atomic mass is 35.5. The first-order chi connectivity index (χ1) is 8.45. The van der Waals surface area contributed by atoms with Crippen LogP contribution in [0.2, 0.25) is 5.02 Å². The molecule has 0 fully saturated rings. The number of carbonyl (C=O) groups is 1. The lowest BCUT2D eigenvalue weighted by atomic mass is 10.2. The molecular formula is C13H19ClN2O2. The molecule has 1 aromatic rings. The highest BCUT2D eigenvalue weighted by Gasteiger charge is 2.13. The summed E-state index contributed by atoms with van der Waals surface area (Å²) in [5.74, 6) is 0.616. The van der Waals surface area contributed by atoms with Crippen LogP contribution in [0.3, 0.4) is 0 Å². The number of benzene rings is 1. The molecule has 0 aliphatic heterocycles. The summed E-state index contributed by atoms with van der Waals surface area (Å²) >= 11 is 6.02. The number of nitrogens with zero attached hydrogens (tertiary/aromatic N) is 1. The van der Waals surface area contributed by atoms with E-state index in [1.54, 1.807) is 37.3 Å². The van der Waals surface area contributed by atoms with E-state index < -0.39 is 0 Å². The largest absolute Gasteiger partial charge is 0.495 e. The van der Waals surface area contributed by atoms with Crippen molar-refractivity contribution in [3.63, 3.8) is 0 Å². The second-order valence-corrected chi connectivity index (χ2v) is 4.69. The third kappa shape index (κ3) is 3.89. The highest BCUT2D eigenvalue weighted by molar-refractivity contribution is 6.32. The number of rotatable bonds is 5. The summed E-state index contributed by atoms with van der Waals surface area (Å²) in [6.07, 6.45) is 1.10. The Balaban J connectivity index is 2.74. The second-order valence-electron chi connectivity index (χ2n) is 4.29. The van der Waals surface area contributed by atoms with Gasteiger partial charge in [-0.05, 0) is 31.5 Å². The summed E-state index contributed by atoms with van der Waals surface area (Å²) in [7, 11) is 3.28. The zero-order valence-electron chi connectivity index (χ0n) is 10.9. The molecule has 1 atom stereocenters. The fourth-order valence-corrected chi connectivity index (χ4v) is 1.78. The van der Waals surface area contributed by atoms with Crippen molar-refractivity contribution in [1.29, 1.82) is 0 Å². The topological polar surface area (TPSA) is 55.6 Å². The van der Waals surface area contributed by atoms with Crippen LogP contribution in [0.4, 0.5) is 5.69 Å². The van der Waals surface area contributed by atoms with Crippen LogP contribution in [0.15, 0.2) is 18.2 Å². The number of halogens is 1. The predicted octanol–water partition coefficient (Wildman–Crippen LogP) is 2.44. The van der Waals surface area contributed by atoms with Gasteiger partial charge in [-0.3, -0.25) is 4.79 Å². The van der Waals surface area contributed by atoms with Crippen LogP contribution in [0.1, 0.15) is 19.8 Å². The summed E-state index contributed by atoms with van der Waals surface area (Å²) in [6, 6.07) is 5.29. The molecular weight excluding hydrogens is 252 g/mol. The number of nitrogens with two attached hydrogens (primary N) is 1. The van der Waals surface area contributed by atoms with Gasteiger partial charge < -0.3 is 15.4 Å².